The van der Waals surface area contributed by atoms with Crippen molar-refractivity contribution in [3.8, 4) is 10.7 Å². The van der Waals surface area contributed by atoms with Gasteiger partial charge < -0.3 is 5.32 Å². The molecule has 41 heavy (non-hydrogen) atoms. The third-order valence-corrected chi connectivity index (χ3v) is 7.74. The second-order valence-electron chi connectivity index (χ2n) is 8.88. The van der Waals surface area contributed by atoms with Crippen molar-refractivity contribution in [2.75, 3.05) is 12.8 Å². The minimum absolute atomic E-state index is 0.124. The van der Waals surface area contributed by atoms with Gasteiger partial charge in [-0.15, -0.1) is 16.4 Å². The summed E-state index contributed by atoms with van der Waals surface area (Å²) in [5.41, 5.74) is -2.02. The average Bonchev–Trinajstić information content (AvgIpc) is 3.45. The lowest BCUT2D eigenvalue weighted by atomic mass is 10.0. The van der Waals surface area contributed by atoms with Gasteiger partial charge in [0.05, 0.1) is 33.6 Å². The summed E-state index contributed by atoms with van der Waals surface area (Å²) in [5.74, 6) is -1.26. The highest BCUT2D eigenvalue weighted by atomic mass is 35.5. The minimum Gasteiger partial charge on any atom is -0.353 e. The molecule has 0 aliphatic carbocycles. The molecule has 2 heterocycles. The number of sulfonamides is 1. The summed E-state index contributed by atoms with van der Waals surface area (Å²) in [6.45, 7) is -1.41. The number of benzene rings is 2. The van der Waals surface area contributed by atoms with E-state index < -0.39 is 63.9 Å². The molecule has 0 aliphatic rings. The first-order valence-electron chi connectivity index (χ1n) is 11.8. The smallest absolute Gasteiger partial charge is 0.353 e. The monoisotopic (exact) mass is 631 g/mol. The predicted octanol–water partition coefficient (Wildman–Crippen LogP) is 4.04. The lowest BCUT2D eigenvalue weighted by molar-refractivity contribution is -0.138. The van der Waals surface area contributed by atoms with Gasteiger partial charge in [0.2, 0.25) is 15.9 Å². The number of nitrogens with zero attached hydrogens (tertiary/aromatic N) is 3. The van der Waals surface area contributed by atoms with Crippen molar-refractivity contribution in [1.82, 2.24) is 24.4 Å². The van der Waals surface area contributed by atoms with Crippen LogP contribution in [-0.2, 0) is 34.1 Å². The number of amides is 1. The number of nitrogens with one attached hydrogen (secondary N) is 2. The Morgan fingerprint density at radius 3 is 2.41 bits per heavy atom. The summed E-state index contributed by atoms with van der Waals surface area (Å²) in [7, 11) is -3.99. The average molecular weight is 632 g/mol. The Balaban J connectivity index is 1.60. The minimum atomic E-state index is -4.78. The molecule has 9 nitrogen and oxygen atoms in total. The van der Waals surface area contributed by atoms with Gasteiger partial charge in [-0.25, -0.2) is 27.0 Å². The highest BCUT2D eigenvalue weighted by molar-refractivity contribution is 7.88. The fourth-order valence-electron chi connectivity index (χ4n) is 4.04. The van der Waals surface area contributed by atoms with Crippen LogP contribution in [0.2, 0.25) is 4.34 Å². The molecule has 0 aliphatic heterocycles. The van der Waals surface area contributed by atoms with E-state index in [1.54, 1.807) is 18.2 Å². The van der Waals surface area contributed by atoms with Gasteiger partial charge >= 0.3 is 11.9 Å². The van der Waals surface area contributed by atoms with E-state index in [2.05, 4.69) is 15.1 Å². The molecule has 2 N–H and O–H groups in total. The highest BCUT2D eigenvalue weighted by Gasteiger charge is 2.35. The van der Waals surface area contributed by atoms with Gasteiger partial charge in [-0.3, -0.25) is 9.36 Å². The maximum absolute atomic E-state index is 14.4. The third kappa shape index (κ3) is 7.61. The molecule has 2 aromatic carbocycles. The largest absolute Gasteiger partial charge is 0.416 e. The topological polar surface area (TPSA) is 115 Å². The molecule has 0 radical (unpaired) electrons. The second-order valence-corrected chi connectivity index (χ2v) is 12.4. The van der Waals surface area contributed by atoms with Crippen molar-refractivity contribution in [3.63, 3.8) is 0 Å². The van der Waals surface area contributed by atoms with Gasteiger partial charge in [-0.2, -0.15) is 13.2 Å². The van der Waals surface area contributed by atoms with Gasteiger partial charge in [0.15, 0.2) is 5.82 Å². The van der Waals surface area contributed by atoms with Crippen LogP contribution >= 0.6 is 22.9 Å². The van der Waals surface area contributed by atoms with E-state index in [1.165, 1.54) is 28.8 Å². The third-order valence-electron chi connectivity index (χ3n) is 5.80. The van der Waals surface area contributed by atoms with Crippen LogP contribution in [0.3, 0.4) is 0 Å². The van der Waals surface area contributed by atoms with Gasteiger partial charge in [-0.1, -0.05) is 48.0 Å². The number of carbonyl (C=O) groups is 1. The van der Waals surface area contributed by atoms with Crippen LogP contribution in [0.5, 0.6) is 0 Å². The van der Waals surface area contributed by atoms with Gasteiger partial charge in [0.1, 0.15) is 12.4 Å². The zero-order chi connectivity index (χ0) is 29.9. The van der Waals surface area contributed by atoms with Crippen LogP contribution in [0.4, 0.5) is 17.6 Å². The van der Waals surface area contributed by atoms with E-state index >= 15 is 0 Å². The Morgan fingerprint density at radius 2 is 1.78 bits per heavy atom. The van der Waals surface area contributed by atoms with E-state index in [1.807, 2.05) is 0 Å². The van der Waals surface area contributed by atoms with Gasteiger partial charge in [-0.05, 0) is 29.8 Å². The molecule has 16 heteroatoms. The maximum atomic E-state index is 14.4. The molecule has 0 bridgehead atoms. The zero-order valence-corrected chi connectivity index (χ0v) is 23.5. The van der Waals surface area contributed by atoms with Crippen molar-refractivity contribution >= 4 is 38.9 Å². The van der Waals surface area contributed by atoms with Crippen LogP contribution in [0.1, 0.15) is 22.7 Å². The standard InChI is InChI=1S/C25H22ClF4N5O4S2/c1-41(38,39)33-19(16-7-3-4-8-17(16)25(28,29)30)12-31-22(36)14-35-24(37)34(13-15-6-2-5-9-18(15)27)23(32-35)20-10-11-21(26)40-20/h2-11,19,33H,12-14H2,1H3,(H,31,36). The Labute approximate surface area is 240 Å². The molecule has 0 spiro atoms. The first-order valence-corrected chi connectivity index (χ1v) is 14.9. The highest BCUT2D eigenvalue weighted by Crippen LogP contribution is 2.34. The number of hydrogen-bond acceptors (Lipinski definition) is 6. The number of alkyl halides is 3. The lowest BCUT2D eigenvalue weighted by Crippen LogP contribution is -2.40. The van der Waals surface area contributed by atoms with Crippen molar-refractivity contribution in [3.05, 3.63) is 98.0 Å². The van der Waals surface area contributed by atoms with Crippen LogP contribution in [0, 0.1) is 5.82 Å². The number of halogens is 5. The fourth-order valence-corrected chi connectivity index (χ4v) is 5.80. The van der Waals surface area contributed by atoms with Crippen LogP contribution in [0.25, 0.3) is 10.7 Å². The Morgan fingerprint density at radius 1 is 1.10 bits per heavy atom. The quantitative estimate of drug-likeness (QED) is 0.257. The van der Waals surface area contributed by atoms with Crippen LogP contribution in [0.15, 0.2) is 65.5 Å². The molecular weight excluding hydrogens is 610 g/mol. The van der Waals surface area contributed by atoms with Crippen LogP contribution < -0.4 is 15.7 Å². The maximum Gasteiger partial charge on any atom is 0.416 e. The van der Waals surface area contributed by atoms with Crippen molar-refractivity contribution in [1.29, 1.82) is 0 Å². The summed E-state index contributed by atoms with van der Waals surface area (Å²) in [6.07, 6.45) is -4.00. The van der Waals surface area contributed by atoms with E-state index in [0.717, 1.165) is 40.5 Å². The molecule has 0 fully saturated rings. The van der Waals surface area contributed by atoms with Crippen molar-refractivity contribution in [2.24, 2.45) is 0 Å². The first kappa shape index (κ1) is 30.4. The molecule has 1 atom stereocenters. The zero-order valence-electron chi connectivity index (χ0n) is 21.2. The molecule has 0 saturated heterocycles. The normalized spacial score (nSPS) is 12.8. The van der Waals surface area contributed by atoms with Crippen molar-refractivity contribution < 1.29 is 30.8 Å². The Hall–Kier alpha value is -3.53. The van der Waals surface area contributed by atoms with E-state index in [9.17, 15) is 35.6 Å². The fraction of sp³-hybridized carbons (Fsp3) is 0.240. The molecule has 1 amide bonds. The van der Waals surface area contributed by atoms with Crippen molar-refractivity contribution in [2.45, 2.75) is 25.3 Å². The summed E-state index contributed by atoms with van der Waals surface area (Å²) >= 11 is 7.15. The lowest BCUT2D eigenvalue weighted by Gasteiger charge is -2.22. The molecule has 218 valence electrons. The summed E-state index contributed by atoms with van der Waals surface area (Å²) in [4.78, 5) is 26.5. The second kappa shape index (κ2) is 12.1. The number of carbonyl (C=O) groups excluding carboxylic acids is 1. The molecule has 4 rings (SSSR count). The molecule has 2 aromatic heterocycles. The summed E-state index contributed by atoms with van der Waals surface area (Å²) in [6, 6.07) is 11.9. The first-order chi connectivity index (χ1) is 19.2. The van der Waals surface area contributed by atoms with E-state index in [4.69, 9.17) is 11.6 Å². The molecule has 1 unspecified atom stereocenters. The molecule has 4 aromatic rings. The SMILES string of the molecule is CS(=O)(=O)NC(CNC(=O)Cn1nc(-c2ccc(Cl)s2)n(Cc2ccccc2F)c1=O)c1ccccc1C(F)(F)F. The molecular formula is C25H22ClF4N5O4S2. The Kier molecular flexibility index (Phi) is 9.01. The van der Waals surface area contributed by atoms with Gasteiger partial charge in [0, 0.05) is 12.1 Å². The number of rotatable bonds is 10. The summed E-state index contributed by atoms with van der Waals surface area (Å²) < 4.78 is 83.4. The van der Waals surface area contributed by atoms with E-state index in [0.29, 0.717) is 9.21 Å². The Bertz CT molecular complexity index is 1730. The van der Waals surface area contributed by atoms with Gasteiger partial charge in [0.25, 0.3) is 0 Å². The van der Waals surface area contributed by atoms with E-state index in [-0.39, 0.29) is 17.9 Å². The number of thiophene rings is 1. The summed E-state index contributed by atoms with van der Waals surface area (Å²) in [5, 5.41) is 6.59. The number of aromatic nitrogens is 3. The predicted molar refractivity (Wildman–Crippen MR) is 145 cm³/mol. The molecule has 0 saturated carbocycles. The van der Waals surface area contributed by atoms with Crippen LogP contribution in [-0.4, -0.2) is 41.5 Å². The number of hydrogen-bond donors (Lipinski definition) is 2.